The summed E-state index contributed by atoms with van der Waals surface area (Å²) >= 11 is 0. The molecule has 1 saturated carbocycles. The number of carboxylic acids is 1. The van der Waals surface area contributed by atoms with Gasteiger partial charge in [0.15, 0.2) is 0 Å². The number of hydrogen-bond acceptors (Lipinski definition) is 4. The van der Waals surface area contributed by atoms with E-state index in [2.05, 4.69) is 48.5 Å². The first kappa shape index (κ1) is 24.5. The van der Waals surface area contributed by atoms with Crippen LogP contribution in [0.5, 0.6) is 0 Å². The van der Waals surface area contributed by atoms with E-state index in [1.807, 2.05) is 12.1 Å². The summed E-state index contributed by atoms with van der Waals surface area (Å²) in [6.45, 7) is 2.08. The number of pyridine rings is 1. The van der Waals surface area contributed by atoms with E-state index in [0.29, 0.717) is 23.6 Å². The number of rotatable bonds is 7. The lowest BCUT2D eigenvalue weighted by molar-refractivity contribution is -0.142. The molecule has 1 aliphatic rings. The number of aryl methyl sites for hydroxylation is 2. The molecule has 1 heterocycles. The van der Waals surface area contributed by atoms with Crippen molar-refractivity contribution in [3.8, 4) is 0 Å². The van der Waals surface area contributed by atoms with Crippen LogP contribution in [0.25, 0.3) is 0 Å². The molecule has 0 bridgehead atoms. The maximum Gasteiger partial charge on any atom is 0.306 e. The van der Waals surface area contributed by atoms with Crippen LogP contribution < -0.4 is 5.56 Å². The molecule has 1 aliphatic carbocycles. The van der Waals surface area contributed by atoms with Gasteiger partial charge in [0.05, 0.1) is 11.6 Å². The third-order valence-electron chi connectivity index (χ3n) is 7.39. The van der Waals surface area contributed by atoms with E-state index in [1.165, 1.54) is 16.2 Å². The summed E-state index contributed by atoms with van der Waals surface area (Å²) in [5.41, 5.74) is 5.79. The number of benzene rings is 2. The van der Waals surface area contributed by atoms with E-state index in [-0.39, 0.29) is 17.4 Å². The van der Waals surface area contributed by atoms with Gasteiger partial charge in [-0.25, -0.2) is 0 Å². The fourth-order valence-corrected chi connectivity index (χ4v) is 5.23. The molecule has 0 radical (unpaired) electrons. The minimum atomic E-state index is -0.681. The van der Waals surface area contributed by atoms with Gasteiger partial charge >= 0.3 is 5.97 Å². The maximum atomic E-state index is 11.8. The monoisotopic (exact) mass is 472 g/mol. The van der Waals surface area contributed by atoms with E-state index in [9.17, 15) is 19.9 Å². The van der Waals surface area contributed by atoms with Gasteiger partial charge in [0, 0.05) is 37.2 Å². The van der Waals surface area contributed by atoms with Gasteiger partial charge < -0.3 is 14.9 Å². The molecule has 6 heteroatoms. The van der Waals surface area contributed by atoms with Crippen LogP contribution >= 0.6 is 0 Å². The molecule has 2 aromatic carbocycles. The fourth-order valence-electron chi connectivity index (χ4n) is 5.23. The number of oxime groups is 1. The zero-order chi connectivity index (χ0) is 24.9. The molecular weight excluding hydrogens is 440 g/mol. The number of carboxylic acid groups (broad SMARTS) is 1. The molecule has 182 valence electrons. The molecule has 0 spiro atoms. The van der Waals surface area contributed by atoms with Crippen molar-refractivity contribution in [1.82, 2.24) is 4.57 Å². The summed E-state index contributed by atoms with van der Waals surface area (Å²) in [4.78, 5) is 23.1. The van der Waals surface area contributed by atoms with Gasteiger partial charge in [0.25, 0.3) is 0 Å². The summed E-state index contributed by atoms with van der Waals surface area (Å²) in [7, 11) is 1.68. The van der Waals surface area contributed by atoms with Crippen molar-refractivity contribution >= 4 is 11.7 Å². The van der Waals surface area contributed by atoms with Crippen molar-refractivity contribution in [2.45, 2.75) is 50.9 Å². The highest BCUT2D eigenvalue weighted by Gasteiger charge is 2.27. The first-order valence-corrected chi connectivity index (χ1v) is 12.1. The highest BCUT2D eigenvalue weighted by molar-refractivity contribution is 6.00. The molecule has 35 heavy (non-hydrogen) atoms. The quantitative estimate of drug-likeness (QED) is 0.272. The summed E-state index contributed by atoms with van der Waals surface area (Å²) in [6, 6.07) is 20.0. The molecular formula is C29H32N2O4. The maximum absolute atomic E-state index is 11.8. The lowest BCUT2D eigenvalue weighted by atomic mass is 9.78. The van der Waals surface area contributed by atoms with E-state index in [4.69, 9.17) is 0 Å². The van der Waals surface area contributed by atoms with Crippen LogP contribution in [0.1, 0.15) is 71.8 Å². The molecule has 0 unspecified atom stereocenters. The van der Waals surface area contributed by atoms with Gasteiger partial charge in [-0.2, -0.15) is 0 Å². The second kappa shape index (κ2) is 10.7. The molecule has 6 nitrogen and oxygen atoms in total. The number of aromatic nitrogens is 1. The lowest BCUT2D eigenvalue weighted by Crippen LogP contribution is -2.20. The summed E-state index contributed by atoms with van der Waals surface area (Å²) in [6.07, 6.45) is 5.41. The summed E-state index contributed by atoms with van der Waals surface area (Å²) < 4.78 is 1.48. The summed E-state index contributed by atoms with van der Waals surface area (Å²) in [5.74, 6) is -0.544. The first-order chi connectivity index (χ1) is 16.9. The topological polar surface area (TPSA) is 91.9 Å². The standard InChI is InChI=1S/C29H32N2O4/c1-19-5-3-4-6-25(19)26(17-27(30-35)24-15-16-28(32)31(2)18-24)22-11-7-20(8-12-22)21-9-13-23(14-10-21)29(33)34/h3-8,11-12,15-16,18,21,23,26,35H,9-10,13-14,17H2,1-2H3,(H,33,34)/t21?,23?,26-/m0/s1. The zero-order valence-electron chi connectivity index (χ0n) is 20.2. The Balaban J connectivity index is 1.62. The second-order valence-electron chi connectivity index (χ2n) is 9.58. The van der Waals surface area contributed by atoms with Gasteiger partial charge in [-0.15, -0.1) is 0 Å². The van der Waals surface area contributed by atoms with Crippen LogP contribution in [-0.2, 0) is 11.8 Å². The molecule has 0 amide bonds. The number of carbonyl (C=O) groups is 1. The number of aliphatic carboxylic acids is 1. The first-order valence-electron chi connectivity index (χ1n) is 12.1. The molecule has 4 rings (SSSR count). The van der Waals surface area contributed by atoms with Crippen molar-refractivity contribution in [3.05, 3.63) is 105 Å². The Kier molecular flexibility index (Phi) is 7.49. The molecule has 2 N–H and O–H groups in total. The average Bonchev–Trinajstić information content (AvgIpc) is 2.87. The number of hydrogen-bond donors (Lipinski definition) is 2. The fraction of sp³-hybridized carbons (Fsp3) is 0.345. The number of nitrogens with zero attached hydrogens (tertiary/aromatic N) is 2. The predicted octanol–water partition coefficient (Wildman–Crippen LogP) is 5.45. The summed E-state index contributed by atoms with van der Waals surface area (Å²) in [5, 5.41) is 22.8. The van der Waals surface area contributed by atoms with Gasteiger partial charge in [0.1, 0.15) is 0 Å². The molecule has 3 aromatic rings. The SMILES string of the molecule is Cc1ccccc1[C@@H](CC(=NO)c1ccc(=O)n(C)c1)c1ccc(C2CCC(C(=O)O)CC2)cc1. The lowest BCUT2D eigenvalue weighted by Gasteiger charge is -2.27. The van der Waals surface area contributed by atoms with Gasteiger partial charge in [0.2, 0.25) is 5.56 Å². The van der Waals surface area contributed by atoms with Crippen LogP contribution in [0.4, 0.5) is 0 Å². The minimum absolute atomic E-state index is 0.0314. The Morgan fingerprint density at radius 2 is 1.71 bits per heavy atom. The van der Waals surface area contributed by atoms with Crippen LogP contribution in [0.15, 0.2) is 76.8 Å². The van der Waals surface area contributed by atoms with E-state index < -0.39 is 5.97 Å². The Hall–Kier alpha value is -3.67. The smallest absolute Gasteiger partial charge is 0.306 e. The van der Waals surface area contributed by atoms with Crippen LogP contribution in [-0.4, -0.2) is 26.6 Å². The Morgan fingerprint density at radius 1 is 1.03 bits per heavy atom. The molecule has 0 aliphatic heterocycles. The third-order valence-corrected chi connectivity index (χ3v) is 7.39. The van der Waals surface area contributed by atoms with E-state index >= 15 is 0 Å². The van der Waals surface area contributed by atoms with Crippen molar-refractivity contribution in [2.24, 2.45) is 18.1 Å². The zero-order valence-corrected chi connectivity index (χ0v) is 20.2. The molecule has 0 saturated heterocycles. The average molecular weight is 473 g/mol. The van der Waals surface area contributed by atoms with Crippen molar-refractivity contribution in [3.63, 3.8) is 0 Å². The van der Waals surface area contributed by atoms with Gasteiger partial charge in [-0.05, 0) is 66.8 Å². The predicted molar refractivity (Wildman–Crippen MR) is 136 cm³/mol. The second-order valence-corrected chi connectivity index (χ2v) is 9.58. The van der Waals surface area contributed by atoms with Crippen molar-refractivity contribution in [2.75, 3.05) is 0 Å². The molecule has 1 atom stereocenters. The Labute approximate surface area is 205 Å². The highest BCUT2D eigenvalue weighted by atomic mass is 16.4. The Bertz CT molecular complexity index is 1270. The van der Waals surface area contributed by atoms with Crippen molar-refractivity contribution < 1.29 is 15.1 Å². The molecule has 1 fully saturated rings. The third kappa shape index (κ3) is 5.53. The van der Waals surface area contributed by atoms with E-state index in [1.54, 1.807) is 19.3 Å². The van der Waals surface area contributed by atoms with E-state index in [0.717, 1.165) is 42.4 Å². The largest absolute Gasteiger partial charge is 0.481 e. The minimum Gasteiger partial charge on any atom is -0.481 e. The van der Waals surface area contributed by atoms with Crippen LogP contribution in [0.2, 0.25) is 0 Å². The van der Waals surface area contributed by atoms with Crippen LogP contribution in [0, 0.1) is 12.8 Å². The van der Waals surface area contributed by atoms with Crippen molar-refractivity contribution in [1.29, 1.82) is 0 Å². The normalized spacial score (nSPS) is 19.3. The van der Waals surface area contributed by atoms with Gasteiger partial charge in [-0.3, -0.25) is 9.59 Å². The Morgan fingerprint density at radius 3 is 2.31 bits per heavy atom. The van der Waals surface area contributed by atoms with Gasteiger partial charge in [-0.1, -0.05) is 53.7 Å². The highest BCUT2D eigenvalue weighted by Crippen LogP contribution is 2.37. The molecule has 1 aromatic heterocycles. The van der Waals surface area contributed by atoms with Crippen LogP contribution in [0.3, 0.4) is 0 Å².